The highest BCUT2D eigenvalue weighted by molar-refractivity contribution is 5.86. The zero-order chi connectivity index (χ0) is 36.7. The zero-order valence-electron chi connectivity index (χ0n) is 30.6. The Morgan fingerprint density at radius 2 is 1.42 bits per heavy atom. The van der Waals surface area contributed by atoms with Crippen LogP contribution < -0.4 is 10.6 Å². The molecule has 4 aromatic rings. The van der Waals surface area contributed by atoms with E-state index in [1.807, 2.05) is 18.1 Å². The molecule has 7 rings (SSSR count). The second-order valence-corrected chi connectivity index (χ2v) is 14.3. The van der Waals surface area contributed by atoms with Gasteiger partial charge in [0.05, 0.1) is 49.0 Å². The number of likely N-dealkylation sites (tertiary alicyclic amines) is 2. The number of carbonyl (C=O) groups excluding carboxylic acids is 3. The SMILES string of the molecule is COC(=O)N[C@H]1CCCCCOCC[C@@H](c2ncc(-c3ccc(-c4ccc(-c5cnc([C@@H]6CCCN6C(=O)[C@H]6CCCN6C)[nH]5)cc4)cc3)[nH]2)NC1=O. The fraction of sp³-hybridized carbons (Fsp3) is 0.475. The van der Waals surface area contributed by atoms with E-state index >= 15 is 0 Å². The molecule has 0 saturated carbocycles. The van der Waals surface area contributed by atoms with E-state index in [0.717, 1.165) is 97.5 Å². The molecule has 13 nitrogen and oxygen atoms in total. The summed E-state index contributed by atoms with van der Waals surface area (Å²) in [5, 5.41) is 5.75. The van der Waals surface area contributed by atoms with Crippen LogP contribution in [-0.2, 0) is 19.1 Å². The topological polar surface area (TPSA) is 158 Å². The van der Waals surface area contributed by atoms with Gasteiger partial charge < -0.3 is 35.0 Å². The maximum Gasteiger partial charge on any atom is 0.407 e. The number of likely N-dealkylation sites (N-methyl/N-ethyl adjacent to an activating group) is 1. The average Bonchev–Trinajstić information content (AvgIpc) is 4.01. The number of aromatic amines is 2. The summed E-state index contributed by atoms with van der Waals surface area (Å²) in [6.45, 7) is 2.89. The molecular formula is C40H50N8O5. The molecule has 4 atom stereocenters. The minimum atomic E-state index is -0.693. The van der Waals surface area contributed by atoms with Gasteiger partial charge in [-0.25, -0.2) is 14.8 Å². The maximum absolute atomic E-state index is 13.4. The Hall–Kier alpha value is -5.01. The van der Waals surface area contributed by atoms with Crippen molar-refractivity contribution in [3.63, 3.8) is 0 Å². The van der Waals surface area contributed by atoms with Crippen LogP contribution >= 0.6 is 0 Å². The van der Waals surface area contributed by atoms with Gasteiger partial charge in [-0.1, -0.05) is 61.4 Å². The van der Waals surface area contributed by atoms with Crippen molar-refractivity contribution in [1.82, 2.24) is 40.4 Å². The number of carbonyl (C=O) groups is 3. The van der Waals surface area contributed by atoms with Crippen molar-refractivity contribution in [3.05, 3.63) is 72.6 Å². The van der Waals surface area contributed by atoms with Crippen molar-refractivity contribution in [3.8, 4) is 33.6 Å². The summed E-state index contributed by atoms with van der Waals surface area (Å²) in [5.74, 6) is 1.44. The Morgan fingerprint density at radius 1 is 0.774 bits per heavy atom. The second kappa shape index (κ2) is 16.8. The first kappa shape index (κ1) is 36.4. The first-order valence-corrected chi connectivity index (χ1v) is 18.9. The van der Waals surface area contributed by atoms with Gasteiger partial charge in [-0.2, -0.15) is 0 Å². The second-order valence-electron chi connectivity index (χ2n) is 14.3. The number of hydrogen-bond acceptors (Lipinski definition) is 8. The lowest BCUT2D eigenvalue weighted by Crippen LogP contribution is -2.48. The van der Waals surface area contributed by atoms with Gasteiger partial charge in [-0.15, -0.1) is 0 Å². The summed E-state index contributed by atoms with van der Waals surface area (Å²) >= 11 is 0. The maximum atomic E-state index is 13.4. The summed E-state index contributed by atoms with van der Waals surface area (Å²) in [6, 6.07) is 15.5. The summed E-state index contributed by atoms with van der Waals surface area (Å²) in [4.78, 5) is 59.1. The predicted octanol–water partition coefficient (Wildman–Crippen LogP) is 5.75. The fourth-order valence-corrected chi connectivity index (χ4v) is 7.78. The highest BCUT2D eigenvalue weighted by Gasteiger charge is 2.38. The van der Waals surface area contributed by atoms with Crippen LogP contribution in [-0.4, -0.2) is 100 Å². The van der Waals surface area contributed by atoms with E-state index in [1.165, 1.54) is 7.11 Å². The molecule has 4 N–H and O–H groups in total. The lowest BCUT2D eigenvalue weighted by Gasteiger charge is -2.29. The Bertz CT molecular complexity index is 1850. The van der Waals surface area contributed by atoms with E-state index in [9.17, 15) is 14.4 Å². The number of hydrogen-bond donors (Lipinski definition) is 4. The van der Waals surface area contributed by atoms with Crippen molar-refractivity contribution < 1.29 is 23.9 Å². The van der Waals surface area contributed by atoms with Crippen LogP contribution in [0.3, 0.4) is 0 Å². The molecule has 2 aromatic heterocycles. The number of nitrogens with zero attached hydrogens (tertiary/aromatic N) is 4. The molecule has 3 amide bonds. The van der Waals surface area contributed by atoms with Crippen molar-refractivity contribution in [1.29, 1.82) is 0 Å². The largest absolute Gasteiger partial charge is 0.453 e. The number of amides is 3. The van der Waals surface area contributed by atoms with E-state index in [0.29, 0.717) is 31.9 Å². The highest BCUT2D eigenvalue weighted by atomic mass is 16.5. The zero-order valence-corrected chi connectivity index (χ0v) is 30.6. The van der Waals surface area contributed by atoms with E-state index in [1.54, 1.807) is 6.20 Å². The molecule has 13 heteroatoms. The number of nitrogens with one attached hydrogen (secondary N) is 4. The molecule has 0 radical (unpaired) electrons. The summed E-state index contributed by atoms with van der Waals surface area (Å²) in [6.07, 6.45) is 10.6. The van der Waals surface area contributed by atoms with Crippen molar-refractivity contribution >= 4 is 17.9 Å². The number of methoxy groups -OCH3 is 1. The van der Waals surface area contributed by atoms with Crippen molar-refractivity contribution in [2.24, 2.45) is 0 Å². The van der Waals surface area contributed by atoms with E-state index in [-0.39, 0.29) is 23.9 Å². The molecular weight excluding hydrogens is 672 g/mol. The van der Waals surface area contributed by atoms with Crippen LogP contribution in [0.1, 0.15) is 81.5 Å². The van der Waals surface area contributed by atoms with Gasteiger partial charge in [-0.3, -0.25) is 14.5 Å². The summed E-state index contributed by atoms with van der Waals surface area (Å²) < 4.78 is 10.6. The molecule has 0 spiro atoms. The number of imidazole rings is 2. The Balaban J connectivity index is 1.00. The smallest absolute Gasteiger partial charge is 0.407 e. The van der Waals surface area contributed by atoms with Crippen LogP contribution in [0.25, 0.3) is 33.6 Å². The average molecular weight is 723 g/mol. The van der Waals surface area contributed by atoms with Gasteiger partial charge in [0.25, 0.3) is 0 Å². The Morgan fingerprint density at radius 3 is 2.08 bits per heavy atom. The number of aromatic nitrogens is 4. The number of alkyl carbamates (subject to hydrolysis) is 1. The monoisotopic (exact) mass is 722 g/mol. The minimum Gasteiger partial charge on any atom is -0.453 e. The van der Waals surface area contributed by atoms with E-state index < -0.39 is 18.2 Å². The Kier molecular flexibility index (Phi) is 11.5. The number of rotatable bonds is 7. The molecule has 3 saturated heterocycles. The predicted molar refractivity (Wildman–Crippen MR) is 200 cm³/mol. The minimum absolute atomic E-state index is 0.00969. The highest BCUT2D eigenvalue weighted by Crippen LogP contribution is 2.34. The summed E-state index contributed by atoms with van der Waals surface area (Å²) in [5.41, 5.74) is 5.94. The van der Waals surface area contributed by atoms with Crippen LogP contribution in [0.5, 0.6) is 0 Å². The number of benzene rings is 2. The molecule has 2 aromatic carbocycles. The van der Waals surface area contributed by atoms with Crippen LogP contribution in [0, 0.1) is 0 Å². The molecule has 0 aliphatic carbocycles. The third kappa shape index (κ3) is 8.47. The quantitative estimate of drug-likeness (QED) is 0.188. The van der Waals surface area contributed by atoms with Gasteiger partial charge >= 0.3 is 6.09 Å². The molecule has 53 heavy (non-hydrogen) atoms. The molecule has 3 aliphatic heterocycles. The van der Waals surface area contributed by atoms with Crippen LogP contribution in [0.2, 0.25) is 0 Å². The third-order valence-corrected chi connectivity index (χ3v) is 10.8. The molecule has 280 valence electrons. The Labute approximate surface area is 310 Å². The van der Waals surface area contributed by atoms with Gasteiger partial charge in [0, 0.05) is 19.8 Å². The molecule has 3 aliphatic rings. The lowest BCUT2D eigenvalue weighted by atomic mass is 10.0. The van der Waals surface area contributed by atoms with Gasteiger partial charge in [0.1, 0.15) is 17.7 Å². The van der Waals surface area contributed by atoms with Gasteiger partial charge in [0.15, 0.2) is 0 Å². The lowest BCUT2D eigenvalue weighted by molar-refractivity contribution is -0.136. The van der Waals surface area contributed by atoms with Crippen LogP contribution in [0.4, 0.5) is 4.79 Å². The molecule has 0 unspecified atom stereocenters. The molecule has 3 fully saturated rings. The first-order valence-electron chi connectivity index (χ1n) is 18.9. The van der Waals surface area contributed by atoms with E-state index in [2.05, 4.69) is 79.0 Å². The fourth-order valence-electron chi connectivity index (χ4n) is 7.78. The van der Waals surface area contributed by atoms with Crippen molar-refractivity contribution in [2.45, 2.75) is 82.0 Å². The molecule has 0 bridgehead atoms. The number of ether oxygens (including phenoxy) is 2. The summed E-state index contributed by atoms with van der Waals surface area (Å²) in [7, 11) is 3.34. The number of H-pyrrole nitrogens is 2. The standard InChI is InChI=1S/C40H50N8O5/c1-47-20-6-10-35(47)39(50)48-21-7-9-34(48)37-42-25-33(44-37)29-17-13-27(14-18-29)26-11-15-28(16-12-26)32-24-41-36(43-32)30-19-23-53-22-5-3-4-8-31(38(49)45-30)46-40(51)52-2/h11-18,24-25,30-31,34-35H,3-10,19-23H2,1-2H3,(H,41,43)(H,42,44)(H,45,49)(H,46,51)/t30-,31-,34-,35+/m0/s1. The van der Waals surface area contributed by atoms with E-state index in [4.69, 9.17) is 14.5 Å². The van der Waals surface area contributed by atoms with Gasteiger partial charge in [0.2, 0.25) is 11.8 Å². The normalized spacial score (nSPS) is 23.2. The van der Waals surface area contributed by atoms with Crippen LogP contribution in [0.15, 0.2) is 60.9 Å². The van der Waals surface area contributed by atoms with Gasteiger partial charge in [-0.05, 0) is 80.8 Å². The van der Waals surface area contributed by atoms with Crippen molar-refractivity contribution in [2.75, 3.05) is 40.5 Å². The molecule has 5 heterocycles. The third-order valence-electron chi connectivity index (χ3n) is 10.8. The first-order chi connectivity index (χ1) is 25.9.